The number of hydrogen-bond donors (Lipinski definition) is 7. The zero-order chi connectivity index (χ0) is 25.1. The van der Waals surface area contributed by atoms with Crippen molar-refractivity contribution >= 4 is 29.7 Å². The lowest BCUT2D eigenvalue weighted by Crippen LogP contribution is -2.58. The molecule has 1 aromatic carbocycles. The van der Waals surface area contributed by atoms with Crippen LogP contribution in [0.25, 0.3) is 0 Å². The van der Waals surface area contributed by atoms with Crippen LogP contribution in [-0.2, 0) is 30.4 Å². The second kappa shape index (κ2) is 13.1. The quantitative estimate of drug-likeness (QED) is 0.178. The molecule has 0 aliphatic heterocycles. The van der Waals surface area contributed by atoms with Gasteiger partial charge in [0.25, 0.3) is 0 Å². The standard InChI is InChI=1S/C21H30N4O8/c1-11(18(29)24-14(21(32)33)8-9-16(27)28)23-19(30)15(10-13-6-4-3-5-7-13)25-20(31)17(22)12(2)26/h3-7,11-12,14-15,17,26H,8-10,22H2,1-2H3,(H,23,30)(H,24,29)(H,25,31)(H,27,28)(H,32,33). The molecule has 0 spiro atoms. The van der Waals surface area contributed by atoms with Gasteiger partial charge in [0.15, 0.2) is 0 Å². The molecule has 1 aromatic rings. The summed E-state index contributed by atoms with van der Waals surface area (Å²) in [6.07, 6.45) is -1.89. The second-order valence-corrected chi connectivity index (χ2v) is 7.58. The molecular formula is C21H30N4O8. The third kappa shape index (κ3) is 9.66. The molecule has 0 fully saturated rings. The molecule has 0 aliphatic rings. The van der Waals surface area contributed by atoms with E-state index in [1.165, 1.54) is 13.8 Å². The van der Waals surface area contributed by atoms with Gasteiger partial charge in [0.2, 0.25) is 17.7 Å². The molecule has 182 valence electrons. The van der Waals surface area contributed by atoms with Crippen molar-refractivity contribution in [2.24, 2.45) is 5.73 Å². The van der Waals surface area contributed by atoms with E-state index in [1.54, 1.807) is 30.3 Å². The van der Waals surface area contributed by atoms with Crippen LogP contribution in [0.15, 0.2) is 30.3 Å². The Bertz CT molecular complexity index is 846. The lowest BCUT2D eigenvalue weighted by atomic mass is 10.0. The minimum Gasteiger partial charge on any atom is -0.481 e. The van der Waals surface area contributed by atoms with Gasteiger partial charge in [-0.3, -0.25) is 19.2 Å². The van der Waals surface area contributed by atoms with Gasteiger partial charge in [-0.15, -0.1) is 0 Å². The summed E-state index contributed by atoms with van der Waals surface area (Å²) in [5.41, 5.74) is 6.34. The number of carbonyl (C=O) groups excluding carboxylic acids is 3. The van der Waals surface area contributed by atoms with Crippen LogP contribution in [0.3, 0.4) is 0 Å². The van der Waals surface area contributed by atoms with Crippen molar-refractivity contribution in [1.29, 1.82) is 0 Å². The maximum absolute atomic E-state index is 12.8. The molecule has 33 heavy (non-hydrogen) atoms. The molecule has 8 N–H and O–H groups in total. The summed E-state index contributed by atoms with van der Waals surface area (Å²) in [7, 11) is 0. The zero-order valence-electron chi connectivity index (χ0n) is 18.4. The van der Waals surface area contributed by atoms with E-state index in [2.05, 4.69) is 16.0 Å². The Morgan fingerprint density at radius 1 is 0.879 bits per heavy atom. The Morgan fingerprint density at radius 3 is 1.97 bits per heavy atom. The topological polar surface area (TPSA) is 208 Å². The van der Waals surface area contributed by atoms with Gasteiger partial charge in [0.1, 0.15) is 24.2 Å². The first-order valence-corrected chi connectivity index (χ1v) is 10.3. The van der Waals surface area contributed by atoms with Crippen molar-refractivity contribution in [1.82, 2.24) is 16.0 Å². The number of carbonyl (C=O) groups is 5. The predicted octanol–water partition coefficient (Wildman–Crippen LogP) is -1.64. The Morgan fingerprint density at radius 2 is 1.45 bits per heavy atom. The summed E-state index contributed by atoms with van der Waals surface area (Å²) in [5.74, 6) is -4.97. The number of nitrogens with two attached hydrogens (primary N) is 1. The number of nitrogens with one attached hydrogen (secondary N) is 3. The third-order valence-corrected chi connectivity index (χ3v) is 4.75. The van der Waals surface area contributed by atoms with Gasteiger partial charge in [-0.05, 0) is 25.8 Å². The van der Waals surface area contributed by atoms with E-state index in [-0.39, 0.29) is 12.8 Å². The maximum atomic E-state index is 12.8. The highest BCUT2D eigenvalue weighted by Gasteiger charge is 2.29. The smallest absolute Gasteiger partial charge is 0.326 e. The Balaban J connectivity index is 2.88. The summed E-state index contributed by atoms with van der Waals surface area (Å²) in [6.45, 7) is 2.64. The molecule has 0 radical (unpaired) electrons. The van der Waals surface area contributed by atoms with Crippen LogP contribution < -0.4 is 21.7 Å². The number of amides is 3. The van der Waals surface area contributed by atoms with Crippen molar-refractivity contribution in [2.45, 2.75) is 63.4 Å². The highest BCUT2D eigenvalue weighted by molar-refractivity contribution is 5.94. The Kier molecular flexibility index (Phi) is 11.0. The van der Waals surface area contributed by atoms with Gasteiger partial charge in [0, 0.05) is 12.8 Å². The molecule has 0 aromatic heterocycles. The highest BCUT2D eigenvalue weighted by Crippen LogP contribution is 2.05. The largest absolute Gasteiger partial charge is 0.481 e. The molecular weight excluding hydrogens is 436 g/mol. The van der Waals surface area contributed by atoms with Crippen LogP contribution in [0.1, 0.15) is 32.3 Å². The first-order chi connectivity index (χ1) is 15.4. The van der Waals surface area contributed by atoms with Crippen LogP contribution in [0.2, 0.25) is 0 Å². The molecule has 0 saturated heterocycles. The predicted molar refractivity (Wildman–Crippen MR) is 116 cm³/mol. The molecule has 0 heterocycles. The molecule has 0 aliphatic carbocycles. The Labute approximate surface area is 190 Å². The van der Waals surface area contributed by atoms with E-state index < -0.39 is 66.4 Å². The van der Waals surface area contributed by atoms with Crippen molar-refractivity contribution in [3.05, 3.63) is 35.9 Å². The van der Waals surface area contributed by atoms with Crippen molar-refractivity contribution in [3.8, 4) is 0 Å². The van der Waals surface area contributed by atoms with Gasteiger partial charge in [-0.25, -0.2) is 4.79 Å². The molecule has 0 bridgehead atoms. The number of rotatable bonds is 13. The van der Waals surface area contributed by atoms with E-state index in [4.69, 9.17) is 10.8 Å². The molecule has 1 rings (SSSR count). The molecule has 12 heteroatoms. The first kappa shape index (κ1) is 27.5. The number of aliphatic hydroxyl groups excluding tert-OH is 1. The lowest BCUT2D eigenvalue weighted by molar-refractivity contribution is -0.143. The fourth-order valence-electron chi connectivity index (χ4n) is 2.75. The minimum absolute atomic E-state index is 0.0651. The van der Waals surface area contributed by atoms with Crippen LogP contribution in [0.4, 0.5) is 0 Å². The average molecular weight is 466 g/mol. The highest BCUT2D eigenvalue weighted by atomic mass is 16.4. The van der Waals surface area contributed by atoms with E-state index in [0.717, 1.165) is 0 Å². The number of benzene rings is 1. The summed E-state index contributed by atoms with van der Waals surface area (Å²) in [4.78, 5) is 59.4. The summed E-state index contributed by atoms with van der Waals surface area (Å²) < 4.78 is 0. The van der Waals surface area contributed by atoms with Gasteiger partial charge in [-0.2, -0.15) is 0 Å². The van der Waals surface area contributed by atoms with Gasteiger partial charge in [-0.1, -0.05) is 30.3 Å². The number of aliphatic hydroxyl groups is 1. The van der Waals surface area contributed by atoms with Gasteiger partial charge in [0.05, 0.1) is 6.10 Å². The number of carboxylic acid groups (broad SMARTS) is 2. The second-order valence-electron chi connectivity index (χ2n) is 7.58. The monoisotopic (exact) mass is 466 g/mol. The van der Waals surface area contributed by atoms with Crippen LogP contribution in [-0.4, -0.2) is 75.3 Å². The molecule has 12 nitrogen and oxygen atoms in total. The summed E-state index contributed by atoms with van der Waals surface area (Å²) in [5, 5.41) is 34.5. The van der Waals surface area contributed by atoms with E-state index in [1.807, 2.05) is 0 Å². The van der Waals surface area contributed by atoms with E-state index in [0.29, 0.717) is 5.56 Å². The molecule has 5 atom stereocenters. The van der Waals surface area contributed by atoms with Crippen molar-refractivity contribution in [3.63, 3.8) is 0 Å². The summed E-state index contributed by atoms with van der Waals surface area (Å²) >= 11 is 0. The van der Waals surface area contributed by atoms with E-state index in [9.17, 15) is 34.2 Å². The Hall–Kier alpha value is -3.51. The number of carboxylic acids is 2. The fourth-order valence-corrected chi connectivity index (χ4v) is 2.75. The van der Waals surface area contributed by atoms with Gasteiger partial charge >= 0.3 is 11.9 Å². The normalized spacial score (nSPS) is 15.3. The zero-order valence-corrected chi connectivity index (χ0v) is 18.4. The van der Waals surface area contributed by atoms with Crippen molar-refractivity contribution in [2.75, 3.05) is 0 Å². The van der Waals surface area contributed by atoms with Gasteiger partial charge < -0.3 is 37.0 Å². The first-order valence-electron chi connectivity index (χ1n) is 10.3. The van der Waals surface area contributed by atoms with Crippen LogP contribution >= 0.6 is 0 Å². The third-order valence-electron chi connectivity index (χ3n) is 4.75. The number of aliphatic carboxylic acids is 2. The van der Waals surface area contributed by atoms with Crippen molar-refractivity contribution < 1.29 is 39.3 Å². The summed E-state index contributed by atoms with van der Waals surface area (Å²) in [6, 6.07) is 3.68. The molecule has 3 amide bonds. The molecule has 5 unspecified atom stereocenters. The SMILES string of the molecule is CC(NC(=O)C(Cc1ccccc1)NC(=O)C(N)C(C)O)C(=O)NC(CCC(=O)O)C(=O)O. The lowest BCUT2D eigenvalue weighted by Gasteiger charge is -2.24. The minimum atomic E-state index is -1.45. The van der Waals surface area contributed by atoms with Crippen LogP contribution in [0.5, 0.6) is 0 Å². The average Bonchev–Trinajstić information content (AvgIpc) is 2.75. The van der Waals surface area contributed by atoms with E-state index >= 15 is 0 Å². The fraction of sp³-hybridized carbons (Fsp3) is 0.476. The maximum Gasteiger partial charge on any atom is 0.326 e. The molecule has 0 saturated carbocycles. The van der Waals surface area contributed by atoms with Crippen LogP contribution in [0, 0.1) is 0 Å². The number of hydrogen-bond acceptors (Lipinski definition) is 7.